The minimum atomic E-state index is -0.744. The zero-order valence-corrected chi connectivity index (χ0v) is 19.6. The highest BCUT2D eigenvalue weighted by Gasteiger charge is 2.55. The van der Waals surface area contributed by atoms with Gasteiger partial charge in [-0.15, -0.1) is 0 Å². The molecule has 4 aliphatic carbocycles. The molecule has 6 nitrogen and oxygen atoms in total. The Morgan fingerprint density at radius 3 is 2.15 bits per heavy atom. The fourth-order valence-electron chi connectivity index (χ4n) is 7.08. The van der Waals surface area contributed by atoms with Gasteiger partial charge in [-0.25, -0.2) is 4.79 Å². The lowest BCUT2D eigenvalue weighted by atomic mass is 9.59. The summed E-state index contributed by atoms with van der Waals surface area (Å²) in [6, 6.07) is 17.0. The van der Waals surface area contributed by atoms with Gasteiger partial charge in [-0.1, -0.05) is 67.8 Å². The summed E-state index contributed by atoms with van der Waals surface area (Å²) in [5, 5.41) is 3.07. The zero-order chi connectivity index (χ0) is 23.4. The lowest BCUT2D eigenvalue weighted by Gasteiger charge is -2.45. The van der Waals surface area contributed by atoms with Gasteiger partial charge in [-0.2, -0.15) is 0 Å². The Kier molecular flexibility index (Phi) is 5.01. The van der Waals surface area contributed by atoms with Crippen LogP contribution in [0.1, 0.15) is 72.6 Å². The van der Waals surface area contributed by atoms with Crippen LogP contribution < -0.4 is 5.32 Å². The number of imide groups is 1. The van der Waals surface area contributed by atoms with Crippen molar-refractivity contribution in [2.45, 2.75) is 55.9 Å². The summed E-state index contributed by atoms with van der Waals surface area (Å²) in [6.45, 7) is 0.345. The SMILES string of the molecule is CN1C(=O)N(CC(=O)NCC2CC3c4ccccc4C2c2ccccc23)C(=O)C12CCCCC2. The van der Waals surface area contributed by atoms with Crippen LogP contribution >= 0.6 is 0 Å². The first-order valence-electron chi connectivity index (χ1n) is 12.6. The number of hydrogen-bond acceptors (Lipinski definition) is 3. The maximum Gasteiger partial charge on any atom is 0.327 e. The summed E-state index contributed by atoms with van der Waals surface area (Å²) in [4.78, 5) is 41.7. The van der Waals surface area contributed by atoms with Crippen LogP contribution in [-0.4, -0.2) is 53.3 Å². The van der Waals surface area contributed by atoms with E-state index in [1.807, 2.05) is 0 Å². The van der Waals surface area contributed by atoms with Gasteiger partial charge >= 0.3 is 6.03 Å². The Morgan fingerprint density at radius 1 is 0.941 bits per heavy atom. The van der Waals surface area contributed by atoms with E-state index in [-0.39, 0.29) is 36.2 Å². The molecule has 1 aliphatic heterocycles. The van der Waals surface area contributed by atoms with E-state index < -0.39 is 5.54 Å². The van der Waals surface area contributed by atoms with Gasteiger partial charge in [0.1, 0.15) is 12.1 Å². The van der Waals surface area contributed by atoms with Crippen molar-refractivity contribution >= 4 is 17.8 Å². The monoisotopic (exact) mass is 457 g/mol. The van der Waals surface area contributed by atoms with Crippen LogP contribution in [0, 0.1) is 5.92 Å². The molecule has 176 valence electrons. The molecule has 0 aromatic heterocycles. The number of benzene rings is 2. The molecular weight excluding hydrogens is 426 g/mol. The summed E-state index contributed by atoms with van der Waals surface area (Å²) >= 11 is 0. The van der Waals surface area contributed by atoms with Gasteiger partial charge in [0.05, 0.1) is 0 Å². The molecule has 1 heterocycles. The van der Waals surface area contributed by atoms with Crippen LogP contribution in [0.25, 0.3) is 0 Å². The number of rotatable bonds is 4. The number of nitrogens with zero attached hydrogens (tertiary/aromatic N) is 2. The molecule has 2 aromatic carbocycles. The van der Waals surface area contributed by atoms with Gasteiger partial charge in [-0.3, -0.25) is 14.5 Å². The molecule has 1 atom stereocenters. The number of fused-ring (bicyclic) bond motifs is 1. The highest BCUT2D eigenvalue weighted by Crippen LogP contribution is 2.55. The first-order valence-corrected chi connectivity index (χ1v) is 12.6. The molecule has 5 aliphatic rings. The fourth-order valence-corrected chi connectivity index (χ4v) is 7.08. The van der Waals surface area contributed by atoms with Crippen LogP contribution in [0.5, 0.6) is 0 Å². The number of likely N-dealkylation sites (N-methyl/N-ethyl adjacent to an activating group) is 1. The second kappa shape index (κ2) is 7.97. The molecule has 1 N–H and O–H groups in total. The van der Waals surface area contributed by atoms with Crippen molar-refractivity contribution in [1.29, 1.82) is 0 Å². The van der Waals surface area contributed by atoms with E-state index in [1.54, 1.807) is 11.9 Å². The fraction of sp³-hybridized carbons (Fsp3) is 0.464. The Labute approximate surface area is 200 Å². The number of hydrogen-bond donors (Lipinski definition) is 1. The molecule has 4 amide bonds. The van der Waals surface area contributed by atoms with Crippen LogP contribution in [0.15, 0.2) is 48.5 Å². The van der Waals surface area contributed by atoms with Crippen molar-refractivity contribution in [3.63, 3.8) is 0 Å². The minimum Gasteiger partial charge on any atom is -0.354 e. The van der Waals surface area contributed by atoms with E-state index >= 15 is 0 Å². The Morgan fingerprint density at radius 2 is 1.53 bits per heavy atom. The van der Waals surface area contributed by atoms with Crippen molar-refractivity contribution in [3.05, 3.63) is 70.8 Å². The van der Waals surface area contributed by atoms with Gasteiger partial charge in [0, 0.05) is 25.4 Å². The van der Waals surface area contributed by atoms with Gasteiger partial charge in [-0.05, 0) is 47.4 Å². The van der Waals surface area contributed by atoms with Crippen LogP contribution in [0.4, 0.5) is 4.79 Å². The van der Waals surface area contributed by atoms with Crippen molar-refractivity contribution in [1.82, 2.24) is 15.1 Å². The number of nitrogens with one attached hydrogen (secondary N) is 1. The van der Waals surface area contributed by atoms with Crippen molar-refractivity contribution < 1.29 is 14.4 Å². The summed E-state index contributed by atoms with van der Waals surface area (Å²) in [7, 11) is 1.71. The average Bonchev–Trinajstić information content (AvgIpc) is 3.04. The third-order valence-corrected chi connectivity index (χ3v) is 8.77. The molecule has 34 heavy (non-hydrogen) atoms. The van der Waals surface area contributed by atoms with E-state index in [0.717, 1.165) is 30.6 Å². The zero-order valence-electron chi connectivity index (χ0n) is 19.6. The summed E-state index contributed by atoms with van der Waals surface area (Å²) in [5.41, 5.74) is 4.79. The molecule has 6 heteroatoms. The van der Waals surface area contributed by atoms with Crippen LogP contribution in [0.3, 0.4) is 0 Å². The number of carbonyl (C=O) groups is 3. The highest BCUT2D eigenvalue weighted by molar-refractivity contribution is 6.08. The second-order valence-corrected chi connectivity index (χ2v) is 10.4. The Balaban J connectivity index is 1.16. The third kappa shape index (κ3) is 3.04. The lowest BCUT2D eigenvalue weighted by Crippen LogP contribution is -2.49. The standard InChI is InChI=1S/C28H31N3O3/c1-30-27(34)31(26(33)28(30)13-7-2-8-14-28)17-24(32)29-16-18-15-23-19-9-3-5-11-21(19)25(18)22-12-6-4-10-20(22)23/h3-6,9-12,18,23,25H,2,7-8,13-17H2,1H3,(H,29,32). The van der Waals surface area contributed by atoms with Gasteiger partial charge in [0.15, 0.2) is 0 Å². The first kappa shape index (κ1) is 21.4. The molecule has 7 rings (SSSR count). The third-order valence-electron chi connectivity index (χ3n) is 8.77. The molecule has 1 spiro atoms. The average molecular weight is 458 g/mol. The van der Waals surface area contributed by atoms with E-state index in [0.29, 0.717) is 25.3 Å². The molecule has 2 fully saturated rings. The van der Waals surface area contributed by atoms with E-state index in [9.17, 15) is 14.4 Å². The molecular formula is C28H31N3O3. The minimum absolute atomic E-state index is 0.197. The molecule has 0 radical (unpaired) electrons. The molecule has 2 bridgehead atoms. The van der Waals surface area contributed by atoms with Crippen LogP contribution in [-0.2, 0) is 9.59 Å². The lowest BCUT2D eigenvalue weighted by molar-refractivity contribution is -0.137. The maximum atomic E-state index is 13.2. The number of carbonyl (C=O) groups excluding carboxylic acids is 3. The highest BCUT2D eigenvalue weighted by atomic mass is 16.2. The predicted molar refractivity (Wildman–Crippen MR) is 128 cm³/mol. The summed E-state index contributed by atoms with van der Waals surface area (Å²) in [5.74, 6) is 0.432. The van der Waals surface area contributed by atoms with Gasteiger partial charge in [0.2, 0.25) is 5.91 Å². The van der Waals surface area contributed by atoms with Crippen molar-refractivity contribution in [2.24, 2.45) is 5.92 Å². The largest absolute Gasteiger partial charge is 0.354 e. The number of urea groups is 1. The van der Waals surface area contributed by atoms with E-state index in [4.69, 9.17) is 0 Å². The van der Waals surface area contributed by atoms with Gasteiger partial charge < -0.3 is 10.2 Å². The summed E-state index contributed by atoms with van der Waals surface area (Å²) in [6.07, 6.45) is 5.35. The van der Waals surface area contributed by atoms with E-state index in [1.165, 1.54) is 22.3 Å². The molecule has 1 saturated heterocycles. The number of amides is 4. The van der Waals surface area contributed by atoms with Crippen LogP contribution in [0.2, 0.25) is 0 Å². The van der Waals surface area contributed by atoms with E-state index in [2.05, 4.69) is 53.8 Å². The quantitative estimate of drug-likeness (QED) is 0.706. The Bertz CT molecular complexity index is 1120. The molecule has 1 unspecified atom stereocenters. The first-order chi connectivity index (χ1) is 16.5. The van der Waals surface area contributed by atoms with Crippen molar-refractivity contribution in [3.8, 4) is 0 Å². The normalized spacial score (nSPS) is 26.6. The Hall–Kier alpha value is -3.15. The van der Waals surface area contributed by atoms with Gasteiger partial charge in [0.25, 0.3) is 5.91 Å². The predicted octanol–water partition coefficient (Wildman–Crippen LogP) is 4.00. The summed E-state index contributed by atoms with van der Waals surface area (Å²) < 4.78 is 0. The van der Waals surface area contributed by atoms with Crippen molar-refractivity contribution in [2.75, 3.05) is 20.1 Å². The maximum absolute atomic E-state index is 13.2. The molecule has 2 aromatic rings. The topological polar surface area (TPSA) is 69.7 Å². The second-order valence-electron chi connectivity index (χ2n) is 10.4. The smallest absolute Gasteiger partial charge is 0.327 e. The molecule has 1 saturated carbocycles.